The fourth-order valence-corrected chi connectivity index (χ4v) is 2.96. The fourth-order valence-electron chi connectivity index (χ4n) is 2.96. The van der Waals surface area contributed by atoms with Gasteiger partial charge in [0.15, 0.2) is 0 Å². The molecule has 1 heterocycles. The van der Waals surface area contributed by atoms with Crippen LogP contribution in [0.4, 0.5) is 0 Å². The smallest absolute Gasteiger partial charge is 0.310 e. The van der Waals surface area contributed by atoms with Gasteiger partial charge < -0.3 is 10.4 Å². The van der Waals surface area contributed by atoms with Crippen LogP contribution in [0.5, 0.6) is 0 Å². The summed E-state index contributed by atoms with van der Waals surface area (Å²) < 4.78 is 1.77. The standard InChI is InChI=1S/C15H23N3O3/c1-12-10-17-18(11-12)8-7-16-13(19)9-15(14(20)21)5-3-2-4-6-15/h10-11H,2-9H2,1H3,(H,16,19)(H,20,21). The van der Waals surface area contributed by atoms with Crippen molar-refractivity contribution in [3.8, 4) is 0 Å². The molecule has 1 aromatic rings. The molecule has 1 aromatic heterocycles. The quantitative estimate of drug-likeness (QED) is 0.836. The summed E-state index contributed by atoms with van der Waals surface area (Å²) in [5, 5.41) is 16.4. The number of hydrogen-bond donors (Lipinski definition) is 2. The average molecular weight is 293 g/mol. The first-order valence-corrected chi connectivity index (χ1v) is 7.51. The highest BCUT2D eigenvalue weighted by atomic mass is 16.4. The van der Waals surface area contributed by atoms with E-state index in [9.17, 15) is 14.7 Å². The number of carbonyl (C=O) groups excluding carboxylic acids is 1. The Balaban J connectivity index is 1.81. The van der Waals surface area contributed by atoms with E-state index in [-0.39, 0.29) is 12.3 Å². The zero-order valence-corrected chi connectivity index (χ0v) is 12.5. The Morgan fingerprint density at radius 1 is 1.38 bits per heavy atom. The van der Waals surface area contributed by atoms with Crippen molar-refractivity contribution in [1.29, 1.82) is 0 Å². The highest BCUT2D eigenvalue weighted by Gasteiger charge is 2.41. The van der Waals surface area contributed by atoms with Gasteiger partial charge in [0.2, 0.25) is 5.91 Å². The third kappa shape index (κ3) is 4.06. The van der Waals surface area contributed by atoms with Crippen LogP contribution in [0, 0.1) is 12.3 Å². The van der Waals surface area contributed by atoms with Gasteiger partial charge in [-0.05, 0) is 25.3 Å². The topological polar surface area (TPSA) is 84.2 Å². The van der Waals surface area contributed by atoms with Crippen LogP contribution in [0.1, 0.15) is 44.1 Å². The van der Waals surface area contributed by atoms with Gasteiger partial charge in [-0.3, -0.25) is 14.3 Å². The Morgan fingerprint density at radius 3 is 2.67 bits per heavy atom. The molecule has 0 atom stereocenters. The van der Waals surface area contributed by atoms with E-state index in [1.807, 2.05) is 13.1 Å². The van der Waals surface area contributed by atoms with Gasteiger partial charge in [-0.25, -0.2) is 0 Å². The molecule has 2 rings (SSSR count). The van der Waals surface area contributed by atoms with Crippen molar-refractivity contribution in [3.63, 3.8) is 0 Å². The maximum Gasteiger partial charge on any atom is 0.310 e. The highest BCUT2D eigenvalue weighted by molar-refractivity contribution is 5.85. The molecular formula is C15H23N3O3. The molecule has 0 bridgehead atoms. The molecule has 1 aliphatic rings. The van der Waals surface area contributed by atoms with Crippen molar-refractivity contribution in [1.82, 2.24) is 15.1 Å². The summed E-state index contributed by atoms with van der Waals surface area (Å²) in [4.78, 5) is 23.5. The first kappa shape index (κ1) is 15.5. The molecule has 116 valence electrons. The fraction of sp³-hybridized carbons (Fsp3) is 0.667. The Hall–Kier alpha value is -1.85. The number of amides is 1. The molecule has 0 aromatic carbocycles. The van der Waals surface area contributed by atoms with Crippen molar-refractivity contribution >= 4 is 11.9 Å². The second-order valence-corrected chi connectivity index (χ2v) is 5.95. The maximum atomic E-state index is 12.0. The highest BCUT2D eigenvalue weighted by Crippen LogP contribution is 2.39. The van der Waals surface area contributed by atoms with Crippen LogP contribution in [0.15, 0.2) is 12.4 Å². The lowest BCUT2D eigenvalue weighted by Crippen LogP contribution is -2.39. The van der Waals surface area contributed by atoms with Crippen molar-refractivity contribution in [3.05, 3.63) is 18.0 Å². The summed E-state index contributed by atoms with van der Waals surface area (Å²) >= 11 is 0. The van der Waals surface area contributed by atoms with Crippen LogP contribution in [0.25, 0.3) is 0 Å². The number of aliphatic carboxylic acids is 1. The number of rotatable bonds is 6. The lowest BCUT2D eigenvalue weighted by Gasteiger charge is -2.32. The number of nitrogens with zero attached hydrogens (tertiary/aromatic N) is 2. The predicted octanol–water partition coefficient (Wildman–Crippen LogP) is 1.73. The van der Waals surface area contributed by atoms with Gasteiger partial charge in [0, 0.05) is 19.2 Å². The van der Waals surface area contributed by atoms with E-state index in [1.54, 1.807) is 10.9 Å². The van der Waals surface area contributed by atoms with Gasteiger partial charge in [0.25, 0.3) is 0 Å². The molecule has 0 aliphatic heterocycles. The van der Waals surface area contributed by atoms with E-state index >= 15 is 0 Å². The molecule has 0 spiro atoms. The molecule has 1 amide bonds. The zero-order chi connectivity index (χ0) is 15.3. The van der Waals surface area contributed by atoms with Gasteiger partial charge in [-0.15, -0.1) is 0 Å². The Morgan fingerprint density at radius 2 is 2.10 bits per heavy atom. The Kier molecular flexibility index (Phi) is 4.98. The SMILES string of the molecule is Cc1cnn(CCNC(=O)CC2(C(=O)O)CCCCC2)c1. The van der Waals surface area contributed by atoms with Crippen LogP contribution in [-0.4, -0.2) is 33.3 Å². The minimum Gasteiger partial charge on any atom is -0.481 e. The van der Waals surface area contributed by atoms with Crippen LogP contribution < -0.4 is 5.32 Å². The van der Waals surface area contributed by atoms with Gasteiger partial charge in [-0.2, -0.15) is 5.10 Å². The van der Waals surface area contributed by atoms with Crippen molar-refractivity contribution in [2.45, 2.75) is 52.0 Å². The second-order valence-electron chi connectivity index (χ2n) is 5.95. The maximum absolute atomic E-state index is 12.0. The Labute approximate surface area is 124 Å². The lowest BCUT2D eigenvalue weighted by atomic mass is 9.71. The normalized spacial score (nSPS) is 17.4. The number of carboxylic acid groups (broad SMARTS) is 1. The Bertz CT molecular complexity index is 504. The molecule has 1 fully saturated rings. The van der Waals surface area contributed by atoms with E-state index in [0.717, 1.165) is 24.8 Å². The first-order chi connectivity index (χ1) is 10.0. The molecule has 2 N–H and O–H groups in total. The summed E-state index contributed by atoms with van der Waals surface area (Å²) in [5.74, 6) is -1.01. The zero-order valence-electron chi connectivity index (χ0n) is 12.5. The van der Waals surface area contributed by atoms with Gasteiger partial charge in [-0.1, -0.05) is 19.3 Å². The number of carboxylic acids is 1. The molecule has 0 saturated heterocycles. The van der Waals surface area contributed by atoms with Crippen LogP contribution in [0.2, 0.25) is 0 Å². The number of hydrogen-bond acceptors (Lipinski definition) is 3. The first-order valence-electron chi connectivity index (χ1n) is 7.51. The van der Waals surface area contributed by atoms with Gasteiger partial charge in [0.05, 0.1) is 18.2 Å². The number of aromatic nitrogens is 2. The molecule has 0 radical (unpaired) electrons. The predicted molar refractivity (Wildman–Crippen MR) is 77.7 cm³/mol. The number of aryl methyl sites for hydroxylation is 1. The van der Waals surface area contributed by atoms with Gasteiger partial charge >= 0.3 is 5.97 Å². The van der Waals surface area contributed by atoms with Crippen molar-refractivity contribution < 1.29 is 14.7 Å². The summed E-state index contributed by atoms with van der Waals surface area (Å²) in [6, 6.07) is 0. The molecule has 0 unspecified atom stereocenters. The lowest BCUT2D eigenvalue weighted by molar-refractivity contribution is -0.154. The molecular weight excluding hydrogens is 270 g/mol. The second kappa shape index (κ2) is 6.74. The van der Waals surface area contributed by atoms with Crippen LogP contribution >= 0.6 is 0 Å². The molecule has 1 aliphatic carbocycles. The van der Waals surface area contributed by atoms with E-state index in [0.29, 0.717) is 25.9 Å². The average Bonchev–Trinajstić information content (AvgIpc) is 2.85. The largest absolute Gasteiger partial charge is 0.481 e. The van der Waals surface area contributed by atoms with Crippen LogP contribution in [-0.2, 0) is 16.1 Å². The van der Waals surface area contributed by atoms with E-state index in [2.05, 4.69) is 10.4 Å². The summed E-state index contributed by atoms with van der Waals surface area (Å²) in [5.41, 5.74) is 0.221. The monoisotopic (exact) mass is 293 g/mol. The molecule has 6 nitrogen and oxygen atoms in total. The van der Waals surface area contributed by atoms with E-state index < -0.39 is 11.4 Å². The minimum atomic E-state index is -0.857. The minimum absolute atomic E-state index is 0.0838. The molecule has 1 saturated carbocycles. The van der Waals surface area contributed by atoms with Gasteiger partial charge in [0.1, 0.15) is 0 Å². The third-order valence-electron chi connectivity index (χ3n) is 4.19. The molecule has 21 heavy (non-hydrogen) atoms. The number of nitrogens with one attached hydrogen (secondary N) is 1. The summed E-state index contributed by atoms with van der Waals surface area (Å²) in [7, 11) is 0. The molecule has 6 heteroatoms. The van der Waals surface area contributed by atoms with E-state index in [1.165, 1.54) is 0 Å². The third-order valence-corrected chi connectivity index (χ3v) is 4.19. The summed E-state index contributed by atoms with van der Waals surface area (Å²) in [6.45, 7) is 3.02. The number of carbonyl (C=O) groups is 2. The van der Waals surface area contributed by atoms with Crippen molar-refractivity contribution in [2.24, 2.45) is 5.41 Å². The van der Waals surface area contributed by atoms with Crippen molar-refractivity contribution in [2.75, 3.05) is 6.54 Å². The summed E-state index contributed by atoms with van der Waals surface area (Å²) in [6.07, 6.45) is 7.82. The van der Waals surface area contributed by atoms with Crippen LogP contribution in [0.3, 0.4) is 0 Å². The van der Waals surface area contributed by atoms with E-state index in [4.69, 9.17) is 0 Å².